The highest BCUT2D eigenvalue weighted by molar-refractivity contribution is 5.94. The maximum atomic E-state index is 12.9. The molecule has 0 saturated carbocycles. The van der Waals surface area contributed by atoms with Gasteiger partial charge in [0.05, 0.1) is 12.1 Å². The van der Waals surface area contributed by atoms with Crippen LogP contribution in [0.4, 0.5) is 0 Å². The van der Waals surface area contributed by atoms with E-state index in [2.05, 4.69) is 30.8 Å². The Labute approximate surface area is 185 Å². The van der Waals surface area contributed by atoms with Crippen LogP contribution in [0.15, 0.2) is 28.8 Å². The van der Waals surface area contributed by atoms with Crippen LogP contribution in [-0.4, -0.2) is 70.4 Å². The summed E-state index contributed by atoms with van der Waals surface area (Å²) in [6.45, 7) is 14.3. The molecule has 1 aliphatic rings. The van der Waals surface area contributed by atoms with Crippen LogP contribution in [0.25, 0.3) is 0 Å². The number of carbonyl (C=O) groups is 2. The number of amides is 2. The average molecular weight is 427 g/mol. The van der Waals surface area contributed by atoms with Gasteiger partial charge in [-0.1, -0.05) is 24.2 Å². The summed E-state index contributed by atoms with van der Waals surface area (Å²) in [5.74, 6) is 0.774. The molecule has 0 bridgehead atoms. The van der Waals surface area contributed by atoms with Gasteiger partial charge in [-0.05, 0) is 51.9 Å². The summed E-state index contributed by atoms with van der Waals surface area (Å²) in [7, 11) is 0. The van der Waals surface area contributed by atoms with Crippen molar-refractivity contribution in [2.45, 2.75) is 53.6 Å². The lowest BCUT2D eigenvalue weighted by Crippen LogP contribution is -2.51. The maximum Gasteiger partial charge on any atom is 0.253 e. The van der Waals surface area contributed by atoms with Gasteiger partial charge in [-0.2, -0.15) is 0 Å². The highest BCUT2D eigenvalue weighted by Crippen LogP contribution is 2.16. The molecule has 0 aliphatic carbocycles. The van der Waals surface area contributed by atoms with Crippen LogP contribution in [0.3, 0.4) is 0 Å². The average Bonchev–Trinajstić information content (AvgIpc) is 3.09. The van der Waals surface area contributed by atoms with E-state index in [4.69, 9.17) is 4.52 Å². The predicted molar refractivity (Wildman–Crippen MR) is 120 cm³/mol. The zero-order valence-electron chi connectivity index (χ0n) is 19.4. The molecule has 2 amide bonds. The van der Waals surface area contributed by atoms with Crippen molar-refractivity contribution in [2.75, 3.05) is 32.7 Å². The van der Waals surface area contributed by atoms with Crippen LogP contribution in [0.2, 0.25) is 0 Å². The molecule has 1 fully saturated rings. The zero-order chi connectivity index (χ0) is 22.5. The van der Waals surface area contributed by atoms with Crippen LogP contribution in [0.1, 0.15) is 53.7 Å². The van der Waals surface area contributed by atoms with Gasteiger partial charge in [0.2, 0.25) is 5.91 Å². The third-order valence-corrected chi connectivity index (χ3v) is 6.15. The number of piperazine rings is 1. The number of hydrogen-bond acceptors (Lipinski definition) is 5. The molecule has 31 heavy (non-hydrogen) atoms. The summed E-state index contributed by atoms with van der Waals surface area (Å²) < 4.78 is 5.15. The van der Waals surface area contributed by atoms with E-state index in [9.17, 15) is 9.59 Å². The second kappa shape index (κ2) is 10.1. The first kappa shape index (κ1) is 23.0. The Balaban J connectivity index is 1.53. The van der Waals surface area contributed by atoms with Crippen LogP contribution in [0.5, 0.6) is 0 Å². The van der Waals surface area contributed by atoms with Crippen molar-refractivity contribution < 1.29 is 14.1 Å². The summed E-state index contributed by atoms with van der Waals surface area (Å²) in [4.78, 5) is 31.6. The Morgan fingerprint density at radius 1 is 1.06 bits per heavy atom. The van der Waals surface area contributed by atoms with Crippen LogP contribution < -0.4 is 0 Å². The number of benzene rings is 1. The fourth-order valence-electron chi connectivity index (χ4n) is 4.01. The van der Waals surface area contributed by atoms with Gasteiger partial charge in [-0.15, -0.1) is 0 Å². The summed E-state index contributed by atoms with van der Waals surface area (Å²) in [5, 5.41) is 3.92. The lowest BCUT2D eigenvalue weighted by molar-refractivity contribution is -0.131. The molecule has 0 atom stereocenters. The normalized spacial score (nSPS) is 14.5. The summed E-state index contributed by atoms with van der Waals surface area (Å²) >= 11 is 0. The van der Waals surface area contributed by atoms with Crippen molar-refractivity contribution in [1.29, 1.82) is 0 Å². The molecular weight excluding hydrogens is 392 g/mol. The maximum absolute atomic E-state index is 12.9. The van der Waals surface area contributed by atoms with E-state index in [1.54, 1.807) is 0 Å². The molecule has 1 aromatic carbocycles. The highest BCUT2D eigenvalue weighted by atomic mass is 16.5. The van der Waals surface area contributed by atoms with Gasteiger partial charge in [-0.25, -0.2) is 0 Å². The Hall–Kier alpha value is -2.67. The van der Waals surface area contributed by atoms with Gasteiger partial charge >= 0.3 is 0 Å². The quantitative estimate of drug-likeness (QED) is 0.681. The second-order valence-corrected chi connectivity index (χ2v) is 8.51. The van der Waals surface area contributed by atoms with Crippen LogP contribution in [-0.2, 0) is 17.8 Å². The molecular formula is C24H34N4O3. The van der Waals surface area contributed by atoms with E-state index < -0.39 is 0 Å². The van der Waals surface area contributed by atoms with Crippen LogP contribution >= 0.6 is 0 Å². The molecule has 7 nitrogen and oxygen atoms in total. The van der Waals surface area contributed by atoms with Gasteiger partial charge in [0.1, 0.15) is 5.76 Å². The largest absolute Gasteiger partial charge is 0.361 e. The molecule has 1 saturated heterocycles. The fraction of sp³-hybridized carbons (Fsp3) is 0.542. The molecule has 168 valence electrons. The van der Waals surface area contributed by atoms with Crippen molar-refractivity contribution >= 4 is 11.8 Å². The van der Waals surface area contributed by atoms with Gasteiger partial charge in [0, 0.05) is 49.9 Å². The third-order valence-electron chi connectivity index (χ3n) is 6.15. The lowest BCUT2D eigenvalue weighted by atomic mass is 10.1. The summed E-state index contributed by atoms with van der Waals surface area (Å²) in [6, 6.07) is 8.41. The number of hydrogen-bond donors (Lipinski definition) is 0. The SMILES string of the molecule is CCN(Cc1ccc(C(=O)N2CCN(C(=O)Cc3c(C)noc3C)CC2)cc1)C(C)C. The predicted octanol–water partition coefficient (Wildman–Crippen LogP) is 3.05. The first-order chi connectivity index (χ1) is 14.8. The molecule has 0 unspecified atom stereocenters. The molecule has 3 rings (SSSR count). The van der Waals surface area contributed by atoms with E-state index in [-0.39, 0.29) is 11.8 Å². The van der Waals surface area contributed by atoms with Gasteiger partial charge in [-0.3, -0.25) is 14.5 Å². The minimum absolute atomic E-state index is 0.0283. The summed E-state index contributed by atoms with van der Waals surface area (Å²) in [6.07, 6.45) is 0.293. The first-order valence-electron chi connectivity index (χ1n) is 11.1. The van der Waals surface area contributed by atoms with E-state index >= 15 is 0 Å². The van der Waals surface area contributed by atoms with Crippen molar-refractivity contribution in [3.63, 3.8) is 0 Å². The van der Waals surface area contributed by atoms with E-state index in [1.807, 2.05) is 47.9 Å². The minimum atomic E-state index is 0.0283. The fourth-order valence-corrected chi connectivity index (χ4v) is 4.01. The van der Waals surface area contributed by atoms with Gasteiger partial charge in [0.25, 0.3) is 5.91 Å². The topological polar surface area (TPSA) is 69.9 Å². The van der Waals surface area contributed by atoms with Crippen molar-refractivity contribution in [3.05, 3.63) is 52.4 Å². The van der Waals surface area contributed by atoms with Crippen LogP contribution in [0, 0.1) is 13.8 Å². The van der Waals surface area contributed by atoms with Gasteiger partial charge in [0.15, 0.2) is 0 Å². The Bertz CT molecular complexity index is 877. The number of rotatable bonds is 7. The van der Waals surface area contributed by atoms with E-state index in [0.717, 1.165) is 24.3 Å². The summed E-state index contributed by atoms with van der Waals surface area (Å²) in [5.41, 5.74) is 3.54. The smallest absolute Gasteiger partial charge is 0.253 e. The molecule has 1 aliphatic heterocycles. The Morgan fingerprint density at radius 3 is 2.19 bits per heavy atom. The minimum Gasteiger partial charge on any atom is -0.361 e. The monoisotopic (exact) mass is 426 g/mol. The van der Waals surface area contributed by atoms with Crippen molar-refractivity contribution in [3.8, 4) is 0 Å². The number of carbonyl (C=O) groups excluding carboxylic acids is 2. The first-order valence-corrected chi connectivity index (χ1v) is 11.1. The van der Waals surface area contributed by atoms with Crippen molar-refractivity contribution in [1.82, 2.24) is 19.9 Å². The lowest BCUT2D eigenvalue weighted by Gasteiger charge is -2.35. The van der Waals surface area contributed by atoms with E-state index in [0.29, 0.717) is 50.0 Å². The number of aromatic nitrogens is 1. The number of aryl methyl sites for hydroxylation is 2. The zero-order valence-corrected chi connectivity index (χ0v) is 19.4. The molecule has 2 heterocycles. The molecule has 7 heteroatoms. The molecule has 1 aromatic heterocycles. The van der Waals surface area contributed by atoms with E-state index in [1.165, 1.54) is 5.56 Å². The van der Waals surface area contributed by atoms with Crippen molar-refractivity contribution in [2.24, 2.45) is 0 Å². The third kappa shape index (κ3) is 5.53. The molecule has 0 N–H and O–H groups in total. The Kier molecular flexibility index (Phi) is 7.49. The number of nitrogens with zero attached hydrogens (tertiary/aromatic N) is 4. The standard InChI is InChI=1S/C24H34N4O3/c1-6-26(17(2)3)16-20-7-9-21(10-8-20)24(30)28-13-11-27(12-14-28)23(29)15-22-18(4)25-31-19(22)5/h7-10,17H,6,11-16H2,1-5H3. The second-order valence-electron chi connectivity index (χ2n) is 8.51. The highest BCUT2D eigenvalue weighted by Gasteiger charge is 2.26. The van der Waals surface area contributed by atoms with Gasteiger partial charge < -0.3 is 14.3 Å². The molecule has 0 radical (unpaired) electrons. The molecule has 0 spiro atoms. The Morgan fingerprint density at radius 2 is 1.68 bits per heavy atom. The molecule has 2 aromatic rings.